The first-order chi connectivity index (χ1) is 11.2. The lowest BCUT2D eigenvalue weighted by molar-refractivity contribution is -0.123. The van der Waals surface area contributed by atoms with Crippen molar-refractivity contribution >= 4 is 17.2 Å². The van der Waals surface area contributed by atoms with Crippen molar-refractivity contribution < 1.29 is 9.53 Å². The minimum Gasteiger partial charge on any atom is -0.483 e. The molecule has 0 aliphatic heterocycles. The molecule has 2 N–H and O–H groups in total. The molecule has 6 nitrogen and oxygen atoms in total. The highest BCUT2D eigenvalue weighted by molar-refractivity contribution is 7.10. The number of aryl methyl sites for hydroxylation is 1. The molecule has 23 heavy (non-hydrogen) atoms. The molecule has 0 radical (unpaired) electrons. The number of aromatic amines is 1. The average molecular weight is 328 g/mol. The van der Waals surface area contributed by atoms with Crippen LogP contribution in [0.2, 0.25) is 0 Å². The van der Waals surface area contributed by atoms with Gasteiger partial charge in [-0.1, -0.05) is 12.1 Å². The summed E-state index contributed by atoms with van der Waals surface area (Å²) in [6.45, 7) is 2.51. The predicted octanol–water partition coefficient (Wildman–Crippen LogP) is 2.54. The second kappa shape index (κ2) is 7.06. The van der Waals surface area contributed by atoms with E-state index in [2.05, 4.69) is 20.5 Å². The van der Waals surface area contributed by atoms with Crippen LogP contribution in [0.25, 0.3) is 11.4 Å². The molecule has 0 saturated heterocycles. The van der Waals surface area contributed by atoms with Crippen molar-refractivity contribution in [3.8, 4) is 17.1 Å². The number of rotatable bonds is 6. The standard InChI is InChI=1S/C16H16N4O2S/c1-11-6-7-23-14(11)8-17-15(21)9-22-13-5-3-2-4-12(13)16-18-10-19-20-16/h2-7,10H,8-9H2,1H3,(H,17,21)(H,18,19,20). The Balaban J connectivity index is 1.58. The first-order valence-corrected chi connectivity index (χ1v) is 7.99. The van der Waals surface area contributed by atoms with Gasteiger partial charge in [-0.3, -0.25) is 9.89 Å². The third-order valence-corrected chi connectivity index (χ3v) is 4.35. The molecule has 0 bridgehead atoms. The van der Waals surface area contributed by atoms with E-state index in [1.54, 1.807) is 17.4 Å². The van der Waals surface area contributed by atoms with E-state index in [4.69, 9.17) is 4.74 Å². The number of hydrogen-bond donors (Lipinski definition) is 2. The van der Waals surface area contributed by atoms with Crippen LogP contribution in [0.15, 0.2) is 42.0 Å². The van der Waals surface area contributed by atoms with Gasteiger partial charge in [-0.05, 0) is 36.1 Å². The lowest BCUT2D eigenvalue weighted by atomic mass is 10.2. The van der Waals surface area contributed by atoms with Crippen molar-refractivity contribution in [3.63, 3.8) is 0 Å². The molecule has 2 heterocycles. The van der Waals surface area contributed by atoms with Crippen molar-refractivity contribution in [1.29, 1.82) is 0 Å². The Labute approximate surface area is 137 Å². The fourth-order valence-electron chi connectivity index (χ4n) is 2.08. The van der Waals surface area contributed by atoms with Gasteiger partial charge in [0.2, 0.25) is 0 Å². The Bertz CT molecular complexity index is 783. The van der Waals surface area contributed by atoms with E-state index in [1.165, 1.54) is 11.9 Å². The lowest BCUT2D eigenvalue weighted by Gasteiger charge is -2.10. The van der Waals surface area contributed by atoms with Crippen LogP contribution in [0.5, 0.6) is 5.75 Å². The topological polar surface area (TPSA) is 79.9 Å². The summed E-state index contributed by atoms with van der Waals surface area (Å²) in [5.74, 6) is 1.03. The average Bonchev–Trinajstić information content (AvgIpc) is 3.23. The summed E-state index contributed by atoms with van der Waals surface area (Å²) in [5, 5.41) is 11.5. The number of para-hydroxylation sites is 1. The molecule has 1 aromatic carbocycles. The van der Waals surface area contributed by atoms with Gasteiger partial charge >= 0.3 is 0 Å². The van der Waals surface area contributed by atoms with E-state index in [-0.39, 0.29) is 12.5 Å². The highest BCUT2D eigenvalue weighted by Crippen LogP contribution is 2.26. The highest BCUT2D eigenvalue weighted by atomic mass is 32.1. The number of benzene rings is 1. The molecule has 1 amide bonds. The van der Waals surface area contributed by atoms with Gasteiger partial charge in [-0.2, -0.15) is 5.10 Å². The number of nitrogens with zero attached hydrogens (tertiary/aromatic N) is 2. The van der Waals surface area contributed by atoms with E-state index in [0.29, 0.717) is 18.1 Å². The molecule has 0 aliphatic rings. The molecule has 0 fully saturated rings. The number of hydrogen-bond acceptors (Lipinski definition) is 5. The second-order valence-corrected chi connectivity index (χ2v) is 5.92. The molecule has 0 atom stereocenters. The summed E-state index contributed by atoms with van der Waals surface area (Å²) in [4.78, 5) is 17.2. The van der Waals surface area contributed by atoms with Crippen LogP contribution in [0, 0.1) is 6.92 Å². The first kappa shape index (κ1) is 15.2. The maximum absolute atomic E-state index is 12.0. The maximum Gasteiger partial charge on any atom is 0.258 e. The SMILES string of the molecule is Cc1ccsc1CNC(=O)COc1ccccc1-c1ncn[nH]1. The van der Waals surface area contributed by atoms with Gasteiger partial charge in [-0.15, -0.1) is 11.3 Å². The number of amides is 1. The van der Waals surface area contributed by atoms with Crippen LogP contribution in [0.3, 0.4) is 0 Å². The number of thiophene rings is 1. The molecule has 3 rings (SSSR count). The lowest BCUT2D eigenvalue weighted by Crippen LogP contribution is -2.28. The van der Waals surface area contributed by atoms with E-state index in [0.717, 1.165) is 10.4 Å². The Morgan fingerprint density at radius 3 is 2.96 bits per heavy atom. The van der Waals surface area contributed by atoms with Crippen molar-refractivity contribution in [1.82, 2.24) is 20.5 Å². The van der Waals surface area contributed by atoms with Crippen LogP contribution >= 0.6 is 11.3 Å². The molecule has 0 spiro atoms. The largest absolute Gasteiger partial charge is 0.483 e. The van der Waals surface area contributed by atoms with Gasteiger partial charge < -0.3 is 10.1 Å². The fourth-order valence-corrected chi connectivity index (χ4v) is 2.93. The zero-order valence-corrected chi connectivity index (χ0v) is 13.4. The molecule has 7 heteroatoms. The molecular formula is C16H16N4O2S. The maximum atomic E-state index is 12.0. The van der Waals surface area contributed by atoms with Crippen LogP contribution in [0.1, 0.15) is 10.4 Å². The molecule has 0 saturated carbocycles. The van der Waals surface area contributed by atoms with Gasteiger partial charge in [-0.25, -0.2) is 4.98 Å². The van der Waals surface area contributed by atoms with Crippen LogP contribution in [0.4, 0.5) is 0 Å². The predicted molar refractivity (Wildman–Crippen MR) is 88.2 cm³/mol. The second-order valence-electron chi connectivity index (χ2n) is 4.92. The Kier molecular flexibility index (Phi) is 4.68. The third kappa shape index (κ3) is 3.75. The molecular weight excluding hydrogens is 312 g/mol. The Morgan fingerprint density at radius 1 is 1.35 bits per heavy atom. The number of carbonyl (C=O) groups excluding carboxylic acids is 1. The molecule has 3 aromatic rings. The summed E-state index contributed by atoms with van der Waals surface area (Å²) >= 11 is 1.63. The zero-order chi connectivity index (χ0) is 16.1. The number of ether oxygens (including phenoxy) is 1. The number of carbonyl (C=O) groups is 1. The number of nitrogens with one attached hydrogen (secondary N) is 2. The molecule has 0 aliphatic carbocycles. The highest BCUT2D eigenvalue weighted by Gasteiger charge is 2.10. The van der Waals surface area contributed by atoms with Crippen LogP contribution in [-0.2, 0) is 11.3 Å². The first-order valence-electron chi connectivity index (χ1n) is 7.11. The molecule has 0 unspecified atom stereocenters. The third-order valence-electron chi connectivity index (χ3n) is 3.33. The quantitative estimate of drug-likeness (QED) is 0.729. The van der Waals surface area contributed by atoms with E-state index >= 15 is 0 Å². The fraction of sp³-hybridized carbons (Fsp3) is 0.188. The monoisotopic (exact) mass is 328 g/mol. The Hall–Kier alpha value is -2.67. The van der Waals surface area contributed by atoms with Crippen molar-refractivity contribution in [2.45, 2.75) is 13.5 Å². The normalized spacial score (nSPS) is 10.5. The van der Waals surface area contributed by atoms with Gasteiger partial charge in [0, 0.05) is 4.88 Å². The smallest absolute Gasteiger partial charge is 0.258 e. The van der Waals surface area contributed by atoms with Crippen molar-refractivity contribution in [2.75, 3.05) is 6.61 Å². The van der Waals surface area contributed by atoms with Gasteiger partial charge in [0.25, 0.3) is 5.91 Å². The summed E-state index contributed by atoms with van der Waals surface area (Å²) in [5.41, 5.74) is 1.96. The number of H-pyrrole nitrogens is 1. The van der Waals surface area contributed by atoms with Crippen LogP contribution in [-0.4, -0.2) is 27.7 Å². The Morgan fingerprint density at radius 2 is 2.22 bits per heavy atom. The summed E-state index contributed by atoms with van der Waals surface area (Å²) in [6, 6.07) is 9.43. The minimum absolute atomic E-state index is 0.0461. The number of aromatic nitrogens is 3. The van der Waals surface area contributed by atoms with Gasteiger partial charge in [0.1, 0.15) is 12.1 Å². The van der Waals surface area contributed by atoms with Gasteiger partial charge in [0.05, 0.1) is 12.1 Å². The minimum atomic E-state index is -0.162. The van der Waals surface area contributed by atoms with Crippen molar-refractivity contribution in [2.24, 2.45) is 0 Å². The van der Waals surface area contributed by atoms with E-state index in [9.17, 15) is 4.79 Å². The molecule has 118 valence electrons. The summed E-state index contributed by atoms with van der Waals surface area (Å²) in [6.07, 6.45) is 1.43. The van der Waals surface area contributed by atoms with E-state index in [1.807, 2.05) is 36.6 Å². The van der Waals surface area contributed by atoms with Gasteiger partial charge in [0.15, 0.2) is 12.4 Å². The zero-order valence-electron chi connectivity index (χ0n) is 12.6. The summed E-state index contributed by atoms with van der Waals surface area (Å²) < 4.78 is 5.63. The molecule has 2 aromatic heterocycles. The summed E-state index contributed by atoms with van der Waals surface area (Å²) in [7, 11) is 0. The van der Waals surface area contributed by atoms with Crippen LogP contribution < -0.4 is 10.1 Å². The van der Waals surface area contributed by atoms with E-state index < -0.39 is 0 Å². The van der Waals surface area contributed by atoms with Crippen molar-refractivity contribution in [3.05, 3.63) is 52.5 Å².